The molecule has 230 valence electrons. The molecule has 1 aliphatic heterocycles. The van der Waals surface area contributed by atoms with E-state index in [4.69, 9.17) is 25.1 Å². The van der Waals surface area contributed by atoms with Crippen LogP contribution in [0.1, 0.15) is 45.9 Å². The normalized spacial score (nSPS) is 17.1. The SMILES string of the molecule is Cc1ccc(CCNC(=O)[C@]2(Cc3ccccc3CN=[N+]=[N-])N=C(c3ccc(OCCCO)cc3)O[C@@H]2c2ccccc2)cc1. The minimum atomic E-state index is -1.35. The number of nitrogens with one attached hydrogen (secondary N) is 1. The third-order valence-electron chi connectivity index (χ3n) is 7.83. The third kappa shape index (κ3) is 7.70. The first-order valence-electron chi connectivity index (χ1n) is 15.1. The van der Waals surface area contributed by atoms with Gasteiger partial charge in [-0.25, -0.2) is 4.99 Å². The van der Waals surface area contributed by atoms with Gasteiger partial charge in [-0.15, -0.1) is 0 Å². The Morgan fingerprint density at radius 2 is 1.71 bits per heavy atom. The predicted octanol–water partition coefficient (Wildman–Crippen LogP) is 6.43. The van der Waals surface area contributed by atoms with Crippen molar-refractivity contribution in [3.8, 4) is 5.75 Å². The first kappa shape index (κ1) is 31.3. The van der Waals surface area contributed by atoms with Gasteiger partial charge in [-0.3, -0.25) is 4.79 Å². The molecule has 45 heavy (non-hydrogen) atoms. The van der Waals surface area contributed by atoms with Crippen LogP contribution in [0.5, 0.6) is 5.75 Å². The first-order valence-corrected chi connectivity index (χ1v) is 15.1. The van der Waals surface area contributed by atoms with Crippen molar-refractivity contribution in [2.24, 2.45) is 10.1 Å². The van der Waals surface area contributed by atoms with Crippen LogP contribution in [0.2, 0.25) is 0 Å². The molecule has 0 aliphatic carbocycles. The Labute approximate surface area is 263 Å². The second kappa shape index (κ2) is 15.1. The van der Waals surface area contributed by atoms with E-state index >= 15 is 0 Å². The Morgan fingerprint density at radius 1 is 1.00 bits per heavy atom. The van der Waals surface area contributed by atoms with E-state index in [0.29, 0.717) is 43.2 Å². The van der Waals surface area contributed by atoms with Crippen LogP contribution in [0.4, 0.5) is 0 Å². The number of aliphatic imine (C=N–C) groups is 1. The quantitative estimate of drug-likeness (QED) is 0.0745. The van der Waals surface area contributed by atoms with Gasteiger partial charge in [-0.05, 0) is 65.4 Å². The van der Waals surface area contributed by atoms with E-state index in [9.17, 15) is 4.79 Å². The van der Waals surface area contributed by atoms with Crippen LogP contribution in [0.3, 0.4) is 0 Å². The number of carbonyl (C=O) groups excluding carboxylic acids is 1. The molecule has 9 nitrogen and oxygen atoms in total. The zero-order valence-corrected chi connectivity index (χ0v) is 25.3. The maximum atomic E-state index is 14.5. The second-order valence-electron chi connectivity index (χ2n) is 11.0. The molecule has 0 saturated carbocycles. The summed E-state index contributed by atoms with van der Waals surface area (Å²) in [7, 11) is 0. The van der Waals surface area contributed by atoms with Gasteiger partial charge in [0.15, 0.2) is 11.6 Å². The number of aliphatic hydroxyl groups excluding tert-OH is 1. The van der Waals surface area contributed by atoms with Gasteiger partial charge >= 0.3 is 0 Å². The molecule has 4 aromatic carbocycles. The molecule has 5 rings (SSSR count). The molecule has 0 saturated heterocycles. The Hall–Kier alpha value is -5.11. The topological polar surface area (TPSA) is 129 Å². The smallest absolute Gasteiger partial charge is 0.252 e. The van der Waals surface area contributed by atoms with Crippen LogP contribution in [0.15, 0.2) is 113 Å². The molecule has 2 N–H and O–H groups in total. The summed E-state index contributed by atoms with van der Waals surface area (Å²) in [4.78, 5) is 22.5. The molecular weight excluding hydrogens is 566 g/mol. The average Bonchev–Trinajstić information content (AvgIpc) is 3.46. The van der Waals surface area contributed by atoms with Gasteiger partial charge in [0.05, 0.1) is 13.2 Å². The Bertz CT molecular complexity index is 1650. The molecule has 2 atom stereocenters. The Morgan fingerprint density at radius 3 is 2.42 bits per heavy atom. The van der Waals surface area contributed by atoms with Gasteiger partial charge in [-0.1, -0.05) is 89.5 Å². The molecule has 0 bridgehead atoms. The predicted molar refractivity (Wildman–Crippen MR) is 174 cm³/mol. The molecule has 0 aromatic heterocycles. The van der Waals surface area contributed by atoms with Crippen LogP contribution >= 0.6 is 0 Å². The summed E-state index contributed by atoms with van der Waals surface area (Å²) in [5, 5.41) is 16.0. The molecule has 0 unspecified atom stereocenters. The fourth-order valence-corrected chi connectivity index (χ4v) is 5.42. The highest BCUT2D eigenvalue weighted by atomic mass is 16.5. The fourth-order valence-electron chi connectivity index (χ4n) is 5.42. The van der Waals surface area contributed by atoms with Crippen molar-refractivity contribution in [1.29, 1.82) is 0 Å². The van der Waals surface area contributed by atoms with Crippen molar-refractivity contribution in [3.63, 3.8) is 0 Å². The lowest BCUT2D eigenvalue weighted by Gasteiger charge is -2.31. The number of nitrogens with zero attached hydrogens (tertiary/aromatic N) is 4. The second-order valence-corrected chi connectivity index (χ2v) is 11.0. The van der Waals surface area contributed by atoms with Gasteiger partial charge in [0, 0.05) is 36.5 Å². The number of rotatable bonds is 14. The summed E-state index contributed by atoms with van der Waals surface area (Å²) >= 11 is 0. The van der Waals surface area contributed by atoms with Gasteiger partial charge in [0.25, 0.3) is 5.91 Å². The van der Waals surface area contributed by atoms with Crippen LogP contribution < -0.4 is 10.1 Å². The maximum absolute atomic E-state index is 14.5. The third-order valence-corrected chi connectivity index (χ3v) is 7.83. The van der Waals surface area contributed by atoms with E-state index in [2.05, 4.69) is 39.6 Å². The summed E-state index contributed by atoms with van der Waals surface area (Å²) in [6, 6.07) is 32.9. The minimum Gasteiger partial charge on any atom is -0.494 e. The molecule has 1 heterocycles. The zero-order chi connectivity index (χ0) is 31.5. The van der Waals surface area contributed by atoms with E-state index in [0.717, 1.165) is 22.3 Å². The number of azide groups is 1. The number of carbonyl (C=O) groups is 1. The number of aryl methyl sites for hydroxylation is 1. The van der Waals surface area contributed by atoms with Crippen LogP contribution in [0.25, 0.3) is 10.4 Å². The van der Waals surface area contributed by atoms with Crippen LogP contribution in [-0.4, -0.2) is 42.2 Å². The van der Waals surface area contributed by atoms with Crippen molar-refractivity contribution in [1.82, 2.24) is 5.32 Å². The minimum absolute atomic E-state index is 0.0603. The summed E-state index contributed by atoms with van der Waals surface area (Å²) in [6.45, 7) is 3.10. The van der Waals surface area contributed by atoms with Gasteiger partial charge in [0.2, 0.25) is 5.90 Å². The highest BCUT2D eigenvalue weighted by Gasteiger charge is 2.53. The Balaban J connectivity index is 1.53. The summed E-state index contributed by atoms with van der Waals surface area (Å²) in [5.74, 6) is 0.769. The molecule has 9 heteroatoms. The van der Waals surface area contributed by atoms with Crippen molar-refractivity contribution in [2.45, 2.75) is 44.4 Å². The number of hydrogen-bond acceptors (Lipinski definition) is 6. The average molecular weight is 604 g/mol. The molecule has 0 fully saturated rings. The highest BCUT2D eigenvalue weighted by Crippen LogP contribution is 2.43. The van der Waals surface area contributed by atoms with E-state index < -0.39 is 11.6 Å². The number of ether oxygens (including phenoxy) is 2. The largest absolute Gasteiger partial charge is 0.494 e. The molecule has 4 aromatic rings. The van der Waals surface area contributed by atoms with Gasteiger partial charge in [-0.2, -0.15) is 0 Å². The van der Waals surface area contributed by atoms with Gasteiger partial charge < -0.3 is 19.9 Å². The van der Waals surface area contributed by atoms with Crippen molar-refractivity contribution in [3.05, 3.63) is 147 Å². The number of amides is 1. The monoisotopic (exact) mass is 603 g/mol. The number of aliphatic hydroxyl groups is 1. The lowest BCUT2D eigenvalue weighted by molar-refractivity contribution is -0.128. The molecule has 1 amide bonds. The van der Waals surface area contributed by atoms with E-state index in [-0.39, 0.29) is 25.5 Å². The van der Waals surface area contributed by atoms with Crippen LogP contribution in [-0.2, 0) is 28.9 Å². The van der Waals surface area contributed by atoms with Gasteiger partial charge in [0.1, 0.15) is 5.75 Å². The standard InChI is InChI=1S/C36H37N5O4/c1-26-12-14-27(15-13-26)20-21-38-35(43)36(24-30-10-5-6-11-31(30)25-39-41-37)33(28-8-3-2-4-9-28)45-34(40-36)29-16-18-32(19-17-29)44-23-7-22-42/h2-6,8-19,33,42H,7,20-25H2,1H3,(H,38,43)/t33-,36-/m1/s1. The molecule has 0 radical (unpaired) electrons. The first-order chi connectivity index (χ1) is 22.0. The fraction of sp³-hybridized carbons (Fsp3) is 0.278. The zero-order valence-electron chi connectivity index (χ0n) is 25.3. The summed E-state index contributed by atoms with van der Waals surface area (Å²) in [5.41, 5.74) is 13.2. The van der Waals surface area contributed by atoms with Crippen LogP contribution in [0, 0.1) is 6.92 Å². The highest BCUT2D eigenvalue weighted by molar-refractivity contribution is 6.01. The maximum Gasteiger partial charge on any atom is 0.252 e. The summed E-state index contributed by atoms with van der Waals surface area (Å²) in [6.07, 6.45) is 0.715. The number of benzene rings is 4. The van der Waals surface area contributed by atoms with Crippen molar-refractivity contribution in [2.75, 3.05) is 19.8 Å². The lowest BCUT2D eigenvalue weighted by atomic mass is 9.81. The van der Waals surface area contributed by atoms with Crippen molar-refractivity contribution >= 4 is 11.8 Å². The molecule has 0 spiro atoms. The Kier molecular flexibility index (Phi) is 10.5. The molecular formula is C36H37N5O4. The molecule has 1 aliphatic rings. The van der Waals surface area contributed by atoms with E-state index in [1.165, 1.54) is 5.56 Å². The van der Waals surface area contributed by atoms with E-state index in [1.807, 2.05) is 85.8 Å². The lowest BCUT2D eigenvalue weighted by Crippen LogP contribution is -2.50. The van der Waals surface area contributed by atoms with E-state index in [1.54, 1.807) is 0 Å². The summed E-state index contributed by atoms with van der Waals surface area (Å²) < 4.78 is 12.3. The number of hydrogen-bond donors (Lipinski definition) is 2. The van der Waals surface area contributed by atoms with Crippen molar-refractivity contribution < 1.29 is 19.4 Å².